The van der Waals surface area contributed by atoms with Gasteiger partial charge in [0.25, 0.3) is 0 Å². The Morgan fingerprint density at radius 3 is 2.53 bits per heavy atom. The van der Waals surface area contributed by atoms with Gasteiger partial charge in [0, 0.05) is 6.54 Å². The van der Waals surface area contributed by atoms with Crippen molar-refractivity contribution in [3.63, 3.8) is 0 Å². The predicted molar refractivity (Wildman–Crippen MR) is 61.9 cm³/mol. The molecule has 0 aliphatic rings. The van der Waals surface area contributed by atoms with Crippen molar-refractivity contribution in [2.24, 2.45) is 0 Å². The number of likely N-dealkylation sites (N-methyl/N-ethyl adjacent to an activating group) is 1. The van der Waals surface area contributed by atoms with Gasteiger partial charge in [-0.3, -0.25) is 4.79 Å². The number of ether oxygens (including phenoxy) is 1. The van der Waals surface area contributed by atoms with E-state index in [9.17, 15) is 4.79 Å². The lowest BCUT2D eigenvalue weighted by Gasteiger charge is -2.22. The molecule has 0 rings (SSSR count). The van der Waals surface area contributed by atoms with Crippen LogP contribution in [0.15, 0.2) is 0 Å². The van der Waals surface area contributed by atoms with Gasteiger partial charge >= 0.3 is 5.97 Å². The number of nitrogens with one attached hydrogen (secondary N) is 1. The minimum Gasteiger partial charge on any atom is -0.468 e. The highest BCUT2D eigenvalue weighted by molar-refractivity contribution is 5.75. The minimum absolute atomic E-state index is 0.175. The summed E-state index contributed by atoms with van der Waals surface area (Å²) in [5.41, 5.74) is 0. The fraction of sp³-hybridized carbons (Fsp3) is 0.909. The molecule has 0 saturated carbocycles. The highest BCUT2D eigenvalue weighted by Crippen LogP contribution is 1.94. The molecule has 1 atom stereocenters. The third-order valence-electron chi connectivity index (χ3n) is 2.23. The van der Waals surface area contributed by atoms with E-state index in [0.717, 1.165) is 25.9 Å². The first kappa shape index (κ1) is 14.4. The van der Waals surface area contributed by atoms with Gasteiger partial charge in [0.2, 0.25) is 0 Å². The second kappa shape index (κ2) is 8.68. The lowest BCUT2D eigenvalue weighted by molar-refractivity contribution is -0.143. The van der Waals surface area contributed by atoms with Crippen LogP contribution in [0.3, 0.4) is 0 Å². The average Bonchev–Trinajstić information content (AvgIpc) is 2.23. The Hall–Kier alpha value is -0.610. The number of nitrogens with zero attached hydrogens (tertiary/aromatic N) is 1. The van der Waals surface area contributed by atoms with Gasteiger partial charge in [-0.05, 0) is 33.0 Å². The zero-order valence-electron chi connectivity index (χ0n) is 10.4. The summed E-state index contributed by atoms with van der Waals surface area (Å²) in [6.07, 6.45) is 2.11. The van der Waals surface area contributed by atoms with Crippen LogP contribution in [-0.4, -0.2) is 50.7 Å². The van der Waals surface area contributed by atoms with Crippen LogP contribution in [0.2, 0.25) is 0 Å². The standard InChI is InChI=1S/C11H24N2O2/c1-5-7-12-10(11(14)15-4)9-13(3)8-6-2/h10,12H,5-9H2,1-4H3. The molecule has 0 fully saturated rings. The molecular weight excluding hydrogens is 192 g/mol. The number of carbonyl (C=O) groups excluding carboxylic acids is 1. The van der Waals surface area contributed by atoms with E-state index < -0.39 is 0 Å². The summed E-state index contributed by atoms with van der Waals surface area (Å²) in [6.45, 7) is 6.77. The van der Waals surface area contributed by atoms with Crippen molar-refractivity contribution < 1.29 is 9.53 Å². The van der Waals surface area contributed by atoms with Gasteiger partial charge < -0.3 is 15.0 Å². The molecule has 0 saturated heterocycles. The molecule has 0 bridgehead atoms. The van der Waals surface area contributed by atoms with Crippen molar-refractivity contribution in [3.8, 4) is 0 Å². The van der Waals surface area contributed by atoms with Gasteiger partial charge in [0.15, 0.2) is 0 Å². The maximum absolute atomic E-state index is 11.4. The van der Waals surface area contributed by atoms with E-state index in [1.54, 1.807) is 0 Å². The molecule has 0 aliphatic heterocycles. The zero-order valence-corrected chi connectivity index (χ0v) is 10.4. The first-order valence-electron chi connectivity index (χ1n) is 5.65. The number of rotatable bonds is 8. The Morgan fingerprint density at radius 2 is 2.07 bits per heavy atom. The number of hydrogen-bond donors (Lipinski definition) is 1. The number of esters is 1. The quantitative estimate of drug-likeness (QED) is 0.611. The fourth-order valence-electron chi connectivity index (χ4n) is 1.47. The van der Waals surface area contributed by atoms with Gasteiger partial charge in [-0.25, -0.2) is 0 Å². The summed E-state index contributed by atoms with van der Waals surface area (Å²) in [5.74, 6) is -0.175. The molecule has 0 aromatic rings. The van der Waals surface area contributed by atoms with E-state index in [0.29, 0.717) is 6.54 Å². The third-order valence-corrected chi connectivity index (χ3v) is 2.23. The number of carbonyl (C=O) groups is 1. The second-order valence-corrected chi connectivity index (χ2v) is 3.79. The molecule has 0 aromatic carbocycles. The molecule has 4 heteroatoms. The molecule has 0 radical (unpaired) electrons. The molecule has 0 spiro atoms. The van der Waals surface area contributed by atoms with Crippen LogP contribution in [0.4, 0.5) is 0 Å². The summed E-state index contributed by atoms with van der Waals surface area (Å²) in [6, 6.07) is -0.202. The maximum atomic E-state index is 11.4. The molecular formula is C11H24N2O2. The van der Waals surface area contributed by atoms with Crippen LogP contribution < -0.4 is 5.32 Å². The Morgan fingerprint density at radius 1 is 1.40 bits per heavy atom. The number of methoxy groups -OCH3 is 1. The topological polar surface area (TPSA) is 41.6 Å². The monoisotopic (exact) mass is 216 g/mol. The van der Waals surface area contributed by atoms with E-state index in [-0.39, 0.29) is 12.0 Å². The van der Waals surface area contributed by atoms with Gasteiger partial charge in [-0.15, -0.1) is 0 Å². The van der Waals surface area contributed by atoms with Crippen LogP contribution in [0, 0.1) is 0 Å². The third kappa shape index (κ3) is 6.47. The lowest BCUT2D eigenvalue weighted by Crippen LogP contribution is -2.46. The molecule has 1 unspecified atom stereocenters. The Kier molecular flexibility index (Phi) is 8.33. The maximum Gasteiger partial charge on any atom is 0.324 e. The minimum atomic E-state index is -0.202. The van der Waals surface area contributed by atoms with Crippen LogP contribution >= 0.6 is 0 Å². The molecule has 15 heavy (non-hydrogen) atoms. The first-order valence-corrected chi connectivity index (χ1v) is 5.65. The summed E-state index contributed by atoms with van der Waals surface area (Å²) >= 11 is 0. The summed E-state index contributed by atoms with van der Waals surface area (Å²) in [5, 5.41) is 3.19. The van der Waals surface area contributed by atoms with Crippen molar-refractivity contribution in [1.29, 1.82) is 0 Å². The molecule has 4 nitrogen and oxygen atoms in total. The van der Waals surface area contributed by atoms with E-state index >= 15 is 0 Å². The Labute approximate surface area is 93.0 Å². The van der Waals surface area contributed by atoms with Crippen molar-refractivity contribution in [2.45, 2.75) is 32.7 Å². The van der Waals surface area contributed by atoms with Crippen LogP contribution in [-0.2, 0) is 9.53 Å². The van der Waals surface area contributed by atoms with Gasteiger partial charge in [-0.2, -0.15) is 0 Å². The fourth-order valence-corrected chi connectivity index (χ4v) is 1.47. The molecule has 1 N–H and O–H groups in total. The predicted octanol–water partition coefficient (Wildman–Crippen LogP) is 0.869. The zero-order chi connectivity index (χ0) is 11.7. The normalized spacial score (nSPS) is 12.9. The number of hydrogen-bond acceptors (Lipinski definition) is 4. The van der Waals surface area contributed by atoms with Crippen molar-refractivity contribution in [1.82, 2.24) is 10.2 Å². The van der Waals surface area contributed by atoms with E-state index in [1.807, 2.05) is 7.05 Å². The molecule has 0 heterocycles. The molecule has 90 valence electrons. The van der Waals surface area contributed by atoms with Crippen LogP contribution in [0.25, 0.3) is 0 Å². The van der Waals surface area contributed by atoms with Crippen molar-refractivity contribution in [2.75, 3.05) is 33.8 Å². The largest absolute Gasteiger partial charge is 0.468 e. The Balaban J connectivity index is 4.05. The van der Waals surface area contributed by atoms with Gasteiger partial charge in [-0.1, -0.05) is 13.8 Å². The molecule has 0 amide bonds. The average molecular weight is 216 g/mol. The van der Waals surface area contributed by atoms with Gasteiger partial charge in [0.1, 0.15) is 6.04 Å². The lowest BCUT2D eigenvalue weighted by atomic mass is 10.2. The molecule has 0 aromatic heterocycles. The van der Waals surface area contributed by atoms with Crippen molar-refractivity contribution >= 4 is 5.97 Å². The van der Waals surface area contributed by atoms with Crippen molar-refractivity contribution in [3.05, 3.63) is 0 Å². The van der Waals surface area contributed by atoms with E-state index in [4.69, 9.17) is 4.74 Å². The summed E-state index contributed by atoms with van der Waals surface area (Å²) in [7, 11) is 3.45. The summed E-state index contributed by atoms with van der Waals surface area (Å²) in [4.78, 5) is 13.6. The summed E-state index contributed by atoms with van der Waals surface area (Å²) < 4.78 is 4.76. The van der Waals surface area contributed by atoms with E-state index in [2.05, 4.69) is 24.1 Å². The first-order chi connectivity index (χ1) is 7.15. The van der Waals surface area contributed by atoms with Crippen LogP contribution in [0.5, 0.6) is 0 Å². The highest BCUT2D eigenvalue weighted by Gasteiger charge is 2.19. The van der Waals surface area contributed by atoms with Crippen LogP contribution in [0.1, 0.15) is 26.7 Å². The SMILES string of the molecule is CCCNC(CN(C)CCC)C(=O)OC. The highest BCUT2D eigenvalue weighted by atomic mass is 16.5. The molecule has 0 aliphatic carbocycles. The second-order valence-electron chi connectivity index (χ2n) is 3.79. The van der Waals surface area contributed by atoms with Gasteiger partial charge in [0.05, 0.1) is 7.11 Å². The van der Waals surface area contributed by atoms with E-state index in [1.165, 1.54) is 7.11 Å². The Bertz CT molecular complexity index is 174. The smallest absolute Gasteiger partial charge is 0.324 e.